The van der Waals surface area contributed by atoms with Gasteiger partial charge in [-0.25, -0.2) is 0 Å². The smallest absolute Gasteiger partial charge is 0.177 e. The summed E-state index contributed by atoms with van der Waals surface area (Å²) in [6, 6.07) is 10.3. The summed E-state index contributed by atoms with van der Waals surface area (Å²) in [7, 11) is 0. The maximum atomic E-state index is 12.4. The first-order valence-electron chi connectivity index (χ1n) is 6.97. The molecule has 2 aromatic rings. The minimum Gasteiger partial charge on any atom is -0.293 e. The van der Waals surface area contributed by atoms with Gasteiger partial charge in [-0.2, -0.15) is 0 Å². The zero-order valence-corrected chi connectivity index (χ0v) is 13.7. The van der Waals surface area contributed by atoms with Crippen molar-refractivity contribution in [2.75, 3.05) is 0 Å². The molecule has 0 radical (unpaired) electrons. The third kappa shape index (κ3) is 3.37. The van der Waals surface area contributed by atoms with Crippen LogP contribution in [0.15, 0.2) is 30.3 Å². The summed E-state index contributed by atoms with van der Waals surface area (Å²) < 4.78 is 0. The Kier molecular flexibility index (Phi) is 4.14. The molecule has 1 aromatic carbocycles. The van der Waals surface area contributed by atoms with Crippen LogP contribution < -0.4 is 0 Å². The molecular formula is C18H22OS. The molecule has 2 rings (SSSR count). The molecule has 1 nitrogen and oxygen atoms in total. The number of thiophene rings is 1. The quantitative estimate of drug-likeness (QED) is 0.718. The highest BCUT2D eigenvalue weighted by molar-refractivity contribution is 7.14. The zero-order chi connectivity index (χ0) is 14.9. The van der Waals surface area contributed by atoms with Crippen LogP contribution in [0.1, 0.15) is 52.0 Å². The molecule has 20 heavy (non-hydrogen) atoms. The molecular weight excluding hydrogens is 264 g/mol. The predicted octanol–water partition coefficient (Wildman–Crippen LogP) is 5.09. The molecule has 0 amide bonds. The van der Waals surface area contributed by atoms with Crippen LogP contribution in [-0.4, -0.2) is 5.78 Å². The Morgan fingerprint density at radius 3 is 2.30 bits per heavy atom. The third-order valence-electron chi connectivity index (χ3n) is 3.56. The lowest BCUT2D eigenvalue weighted by Crippen LogP contribution is -2.08. The van der Waals surface area contributed by atoms with Crippen molar-refractivity contribution in [1.82, 2.24) is 0 Å². The Labute approximate surface area is 125 Å². The molecule has 0 atom stereocenters. The number of benzene rings is 1. The van der Waals surface area contributed by atoms with Gasteiger partial charge in [0.25, 0.3) is 0 Å². The van der Waals surface area contributed by atoms with E-state index in [1.54, 1.807) is 11.3 Å². The number of hydrogen-bond acceptors (Lipinski definition) is 2. The lowest BCUT2D eigenvalue weighted by molar-refractivity contribution is 0.0997. The number of carbonyl (C=O) groups is 1. The second-order valence-electron chi connectivity index (χ2n) is 6.43. The standard InChI is InChI=1S/C18H22OS/c1-12-6-7-14(10-13(12)2)11-15(19)16-8-9-17(20-16)18(3,4)5/h6-10H,11H2,1-5H3. The van der Waals surface area contributed by atoms with Crippen molar-refractivity contribution in [2.24, 2.45) is 0 Å². The molecule has 0 bridgehead atoms. The summed E-state index contributed by atoms with van der Waals surface area (Å²) in [6.07, 6.45) is 0.491. The van der Waals surface area contributed by atoms with Crippen molar-refractivity contribution in [2.45, 2.75) is 46.5 Å². The summed E-state index contributed by atoms with van der Waals surface area (Å²) in [5, 5.41) is 0. The monoisotopic (exact) mass is 286 g/mol. The fourth-order valence-electron chi connectivity index (χ4n) is 2.08. The lowest BCUT2D eigenvalue weighted by Gasteiger charge is -2.15. The number of ketones is 1. The van der Waals surface area contributed by atoms with Gasteiger partial charge in [-0.3, -0.25) is 4.79 Å². The van der Waals surface area contributed by atoms with E-state index in [9.17, 15) is 4.79 Å². The summed E-state index contributed by atoms with van der Waals surface area (Å²) in [6.45, 7) is 10.7. The number of hydrogen-bond donors (Lipinski definition) is 0. The largest absolute Gasteiger partial charge is 0.293 e. The van der Waals surface area contributed by atoms with E-state index in [-0.39, 0.29) is 11.2 Å². The Balaban J connectivity index is 2.16. The van der Waals surface area contributed by atoms with Crippen LogP contribution in [0.3, 0.4) is 0 Å². The van der Waals surface area contributed by atoms with Crippen molar-refractivity contribution < 1.29 is 4.79 Å². The number of rotatable bonds is 3. The highest BCUT2D eigenvalue weighted by Gasteiger charge is 2.18. The third-order valence-corrected chi connectivity index (χ3v) is 5.11. The van der Waals surface area contributed by atoms with Gasteiger partial charge in [0.2, 0.25) is 0 Å². The second-order valence-corrected chi connectivity index (χ2v) is 7.52. The normalized spacial score (nSPS) is 11.7. The van der Waals surface area contributed by atoms with Crippen LogP contribution in [0.4, 0.5) is 0 Å². The summed E-state index contributed by atoms with van der Waals surface area (Å²) in [5.41, 5.74) is 3.73. The summed E-state index contributed by atoms with van der Waals surface area (Å²) in [5.74, 6) is 0.216. The van der Waals surface area contributed by atoms with Gasteiger partial charge < -0.3 is 0 Å². The molecule has 0 saturated heterocycles. The van der Waals surface area contributed by atoms with Gasteiger partial charge in [0.05, 0.1) is 4.88 Å². The second kappa shape index (κ2) is 5.53. The average Bonchev–Trinajstić information content (AvgIpc) is 2.83. The van der Waals surface area contributed by atoms with Gasteiger partial charge in [0.15, 0.2) is 5.78 Å². The van der Waals surface area contributed by atoms with Crippen LogP contribution in [0, 0.1) is 13.8 Å². The van der Waals surface area contributed by atoms with Gasteiger partial charge in [-0.05, 0) is 48.1 Å². The minimum atomic E-state index is 0.115. The first-order valence-corrected chi connectivity index (χ1v) is 7.78. The van der Waals surface area contributed by atoms with E-state index >= 15 is 0 Å². The van der Waals surface area contributed by atoms with Crippen molar-refractivity contribution in [3.05, 3.63) is 56.8 Å². The van der Waals surface area contributed by atoms with E-state index in [2.05, 4.69) is 58.9 Å². The molecule has 106 valence electrons. The van der Waals surface area contributed by atoms with E-state index in [0.717, 1.165) is 10.4 Å². The maximum absolute atomic E-state index is 12.4. The van der Waals surface area contributed by atoms with E-state index in [1.807, 2.05) is 6.07 Å². The Morgan fingerprint density at radius 2 is 1.75 bits per heavy atom. The van der Waals surface area contributed by atoms with E-state index in [0.29, 0.717) is 6.42 Å². The van der Waals surface area contributed by atoms with Crippen LogP contribution in [-0.2, 0) is 11.8 Å². The number of Topliss-reactive ketones (excluding diaryl/α,β-unsaturated/α-hetero) is 1. The van der Waals surface area contributed by atoms with E-state index in [1.165, 1.54) is 16.0 Å². The van der Waals surface area contributed by atoms with Crippen LogP contribution in [0.2, 0.25) is 0 Å². The van der Waals surface area contributed by atoms with Gasteiger partial charge in [0, 0.05) is 11.3 Å². The van der Waals surface area contributed by atoms with Crippen LogP contribution in [0.5, 0.6) is 0 Å². The molecule has 0 aliphatic heterocycles. The Morgan fingerprint density at radius 1 is 1.05 bits per heavy atom. The van der Waals surface area contributed by atoms with Crippen molar-refractivity contribution in [3.63, 3.8) is 0 Å². The van der Waals surface area contributed by atoms with Crippen molar-refractivity contribution in [1.29, 1.82) is 0 Å². The van der Waals surface area contributed by atoms with Crippen molar-refractivity contribution in [3.8, 4) is 0 Å². The van der Waals surface area contributed by atoms with Crippen LogP contribution in [0.25, 0.3) is 0 Å². The number of aryl methyl sites for hydroxylation is 2. The van der Waals surface area contributed by atoms with Gasteiger partial charge in [0.1, 0.15) is 0 Å². The topological polar surface area (TPSA) is 17.1 Å². The van der Waals surface area contributed by atoms with Gasteiger partial charge in [-0.1, -0.05) is 39.0 Å². The predicted molar refractivity (Wildman–Crippen MR) is 87.0 cm³/mol. The van der Waals surface area contributed by atoms with E-state index < -0.39 is 0 Å². The van der Waals surface area contributed by atoms with E-state index in [4.69, 9.17) is 0 Å². The lowest BCUT2D eigenvalue weighted by atomic mass is 9.95. The average molecular weight is 286 g/mol. The fourth-order valence-corrected chi connectivity index (χ4v) is 3.08. The molecule has 0 aliphatic rings. The van der Waals surface area contributed by atoms with Crippen LogP contribution >= 0.6 is 11.3 Å². The molecule has 1 heterocycles. The SMILES string of the molecule is Cc1ccc(CC(=O)c2ccc(C(C)(C)C)s2)cc1C. The molecule has 0 spiro atoms. The van der Waals surface area contributed by atoms with Gasteiger partial charge in [-0.15, -0.1) is 11.3 Å². The highest BCUT2D eigenvalue weighted by Crippen LogP contribution is 2.30. The maximum Gasteiger partial charge on any atom is 0.177 e. The molecule has 0 aliphatic carbocycles. The summed E-state index contributed by atoms with van der Waals surface area (Å²) in [4.78, 5) is 14.5. The molecule has 0 fully saturated rings. The molecule has 0 unspecified atom stereocenters. The number of carbonyl (C=O) groups excluding carboxylic acids is 1. The molecule has 0 saturated carbocycles. The van der Waals surface area contributed by atoms with Gasteiger partial charge >= 0.3 is 0 Å². The zero-order valence-electron chi connectivity index (χ0n) is 12.9. The Bertz CT molecular complexity index is 629. The highest BCUT2D eigenvalue weighted by atomic mass is 32.1. The fraction of sp³-hybridized carbons (Fsp3) is 0.389. The molecule has 0 N–H and O–H groups in total. The molecule has 1 aromatic heterocycles. The first kappa shape index (κ1) is 15.0. The molecule has 2 heteroatoms. The first-order chi connectivity index (χ1) is 9.27. The van der Waals surface area contributed by atoms with Crippen molar-refractivity contribution >= 4 is 17.1 Å². The minimum absolute atomic E-state index is 0.115. The summed E-state index contributed by atoms with van der Waals surface area (Å²) >= 11 is 1.62. The Hall–Kier alpha value is -1.41.